The summed E-state index contributed by atoms with van der Waals surface area (Å²) in [5.41, 5.74) is 1.38. The van der Waals surface area contributed by atoms with Gasteiger partial charge in [-0.1, -0.05) is 0 Å². The molecular formula is C13H15O+. The second-order valence-electron chi connectivity index (χ2n) is 4.09. The molecule has 0 aromatic rings. The number of carbonyl (C=O) groups is 1. The highest BCUT2D eigenvalue weighted by Crippen LogP contribution is 2.28. The van der Waals surface area contributed by atoms with Crippen molar-refractivity contribution in [1.29, 1.82) is 0 Å². The second-order valence-corrected chi connectivity index (χ2v) is 4.09. The van der Waals surface area contributed by atoms with Gasteiger partial charge in [0, 0.05) is 25.3 Å². The Kier molecular flexibility index (Phi) is 2.90. The van der Waals surface area contributed by atoms with Gasteiger partial charge in [-0.05, 0) is 18.8 Å². The number of carbonyl (C=O) groups excluding carboxylic acids is 1. The Hall–Kier alpha value is -1.20. The highest BCUT2D eigenvalue weighted by atomic mass is 16.1. The molecule has 0 heterocycles. The van der Waals surface area contributed by atoms with Crippen LogP contribution in [0.3, 0.4) is 0 Å². The Balaban J connectivity index is 1.86. The average molecular weight is 187 g/mol. The minimum absolute atomic E-state index is 0.447. The predicted molar refractivity (Wildman–Crippen MR) is 56.6 cm³/mol. The van der Waals surface area contributed by atoms with Crippen LogP contribution < -0.4 is 0 Å². The molecule has 72 valence electrons. The summed E-state index contributed by atoms with van der Waals surface area (Å²) in [5, 5.41) is 0. The zero-order chi connectivity index (χ0) is 9.80. The van der Waals surface area contributed by atoms with Gasteiger partial charge < -0.3 is 0 Å². The van der Waals surface area contributed by atoms with E-state index >= 15 is 0 Å². The van der Waals surface area contributed by atoms with Crippen molar-refractivity contribution in [2.45, 2.75) is 32.1 Å². The summed E-state index contributed by atoms with van der Waals surface area (Å²) < 4.78 is 0. The Morgan fingerprint density at radius 1 is 1.36 bits per heavy atom. The summed E-state index contributed by atoms with van der Waals surface area (Å²) in [4.78, 5) is 11.1. The molecule has 1 heteroatoms. The zero-order valence-electron chi connectivity index (χ0n) is 8.33. The van der Waals surface area contributed by atoms with E-state index < -0.39 is 0 Å². The predicted octanol–water partition coefficient (Wildman–Crippen LogP) is 2.99. The monoisotopic (exact) mass is 187 g/mol. The third kappa shape index (κ3) is 2.40. The van der Waals surface area contributed by atoms with Gasteiger partial charge in [0.2, 0.25) is 0 Å². The summed E-state index contributed by atoms with van der Waals surface area (Å²) in [5.74, 6) is 1.16. The van der Waals surface area contributed by atoms with Crippen LogP contribution in [0.15, 0.2) is 29.9 Å². The molecule has 0 bridgehead atoms. The molecule has 0 aliphatic heterocycles. The van der Waals surface area contributed by atoms with Gasteiger partial charge in [-0.2, -0.15) is 0 Å². The SMILES string of the molecule is O=C1CCC(CC2=CC=[C+]C=C2)CC1. The molecule has 2 aliphatic rings. The van der Waals surface area contributed by atoms with Crippen LogP contribution in [0.1, 0.15) is 32.1 Å². The molecule has 0 saturated heterocycles. The van der Waals surface area contributed by atoms with E-state index in [-0.39, 0.29) is 0 Å². The minimum atomic E-state index is 0.447. The lowest BCUT2D eigenvalue weighted by Gasteiger charge is -2.19. The van der Waals surface area contributed by atoms with Gasteiger partial charge in [0.15, 0.2) is 0 Å². The molecule has 0 aromatic heterocycles. The first-order valence-electron chi connectivity index (χ1n) is 5.31. The van der Waals surface area contributed by atoms with Crippen molar-refractivity contribution in [3.8, 4) is 0 Å². The van der Waals surface area contributed by atoms with E-state index in [9.17, 15) is 4.79 Å². The second kappa shape index (κ2) is 4.34. The molecule has 1 nitrogen and oxygen atoms in total. The van der Waals surface area contributed by atoms with Gasteiger partial charge >= 0.3 is 0 Å². The van der Waals surface area contributed by atoms with E-state index in [1.807, 2.05) is 12.2 Å². The van der Waals surface area contributed by atoms with E-state index in [2.05, 4.69) is 18.2 Å². The molecule has 0 unspecified atom stereocenters. The number of hydrogen-bond donors (Lipinski definition) is 0. The Labute approximate surface area is 85.2 Å². The maximum atomic E-state index is 11.1. The van der Waals surface area contributed by atoms with E-state index in [4.69, 9.17) is 0 Å². The van der Waals surface area contributed by atoms with Crippen molar-refractivity contribution in [2.24, 2.45) is 5.92 Å². The summed E-state index contributed by atoms with van der Waals surface area (Å²) in [6.45, 7) is 0. The lowest BCUT2D eigenvalue weighted by atomic mass is 9.83. The number of Topliss-reactive ketones (excluding diaryl/α,β-unsaturated/α-hetero) is 1. The standard InChI is InChI=1S/C13H15O/c14-13-8-6-12(7-9-13)10-11-4-2-1-3-5-11/h2-5,12H,6-10H2/q+1. The van der Waals surface area contributed by atoms with Gasteiger partial charge in [-0.25, -0.2) is 0 Å². The molecule has 0 N–H and O–H groups in total. The minimum Gasteiger partial charge on any atom is -0.300 e. The number of hydrogen-bond acceptors (Lipinski definition) is 1. The van der Waals surface area contributed by atoms with Gasteiger partial charge in [0.25, 0.3) is 0 Å². The summed E-state index contributed by atoms with van der Waals surface area (Å²) in [6.07, 6.45) is 16.1. The third-order valence-corrected chi connectivity index (χ3v) is 2.97. The summed E-state index contributed by atoms with van der Waals surface area (Å²) in [6, 6.07) is 0. The molecule has 0 aromatic carbocycles. The Morgan fingerprint density at radius 2 is 2.14 bits per heavy atom. The van der Waals surface area contributed by atoms with Crippen molar-refractivity contribution in [2.75, 3.05) is 0 Å². The van der Waals surface area contributed by atoms with E-state index in [0.29, 0.717) is 5.78 Å². The Morgan fingerprint density at radius 3 is 2.79 bits per heavy atom. The van der Waals surface area contributed by atoms with Crippen molar-refractivity contribution < 1.29 is 4.79 Å². The molecule has 0 spiro atoms. The highest BCUT2D eigenvalue weighted by Gasteiger charge is 2.20. The first-order chi connectivity index (χ1) is 6.84. The topological polar surface area (TPSA) is 17.1 Å². The first kappa shape index (κ1) is 9.36. The fraction of sp³-hybridized carbons (Fsp3) is 0.462. The fourth-order valence-corrected chi connectivity index (χ4v) is 2.09. The first-order valence-corrected chi connectivity index (χ1v) is 5.31. The van der Waals surface area contributed by atoms with Crippen LogP contribution in [0.2, 0.25) is 0 Å². The van der Waals surface area contributed by atoms with Crippen molar-refractivity contribution >= 4 is 5.78 Å². The molecule has 2 rings (SSSR count). The van der Waals surface area contributed by atoms with Gasteiger partial charge in [-0.15, -0.1) is 0 Å². The smallest absolute Gasteiger partial charge is 0.132 e. The number of ketones is 1. The van der Waals surface area contributed by atoms with Crippen molar-refractivity contribution in [3.63, 3.8) is 0 Å². The highest BCUT2D eigenvalue weighted by molar-refractivity contribution is 5.79. The normalized spacial score (nSPS) is 22.0. The van der Waals surface area contributed by atoms with Crippen LogP contribution in [-0.4, -0.2) is 5.78 Å². The van der Waals surface area contributed by atoms with Crippen LogP contribution in [0.4, 0.5) is 0 Å². The molecule has 0 radical (unpaired) electrons. The molecular weight excluding hydrogens is 172 g/mol. The van der Waals surface area contributed by atoms with Gasteiger partial charge in [-0.3, -0.25) is 4.79 Å². The van der Waals surface area contributed by atoms with Gasteiger partial charge in [0.05, 0.1) is 17.7 Å². The van der Waals surface area contributed by atoms with E-state index in [1.54, 1.807) is 0 Å². The van der Waals surface area contributed by atoms with Crippen LogP contribution >= 0.6 is 0 Å². The number of rotatable bonds is 2. The maximum Gasteiger partial charge on any atom is 0.132 e. The quantitative estimate of drug-likeness (QED) is 0.607. The van der Waals surface area contributed by atoms with Crippen LogP contribution in [-0.2, 0) is 4.79 Å². The maximum absolute atomic E-state index is 11.1. The van der Waals surface area contributed by atoms with E-state index in [1.165, 1.54) is 5.57 Å². The summed E-state index contributed by atoms with van der Waals surface area (Å²) in [7, 11) is 0. The molecule has 2 aliphatic carbocycles. The third-order valence-electron chi connectivity index (χ3n) is 2.97. The van der Waals surface area contributed by atoms with Gasteiger partial charge in [0.1, 0.15) is 17.9 Å². The van der Waals surface area contributed by atoms with Crippen LogP contribution in [0.5, 0.6) is 0 Å². The molecule has 1 saturated carbocycles. The lowest BCUT2D eigenvalue weighted by Crippen LogP contribution is -2.14. The molecule has 0 atom stereocenters. The average Bonchev–Trinajstić information content (AvgIpc) is 2.23. The fourth-order valence-electron chi connectivity index (χ4n) is 2.09. The largest absolute Gasteiger partial charge is 0.300 e. The van der Waals surface area contributed by atoms with Crippen LogP contribution in [0, 0.1) is 12.0 Å². The molecule has 0 amide bonds. The van der Waals surface area contributed by atoms with Crippen molar-refractivity contribution in [1.82, 2.24) is 0 Å². The van der Waals surface area contributed by atoms with Crippen LogP contribution in [0.25, 0.3) is 0 Å². The van der Waals surface area contributed by atoms with Crippen molar-refractivity contribution in [3.05, 3.63) is 36.0 Å². The molecule has 1 fully saturated rings. The summed E-state index contributed by atoms with van der Waals surface area (Å²) >= 11 is 0. The Bertz CT molecular complexity index is 297. The lowest BCUT2D eigenvalue weighted by molar-refractivity contribution is -0.120. The zero-order valence-corrected chi connectivity index (χ0v) is 8.33. The molecule has 14 heavy (non-hydrogen) atoms. The van der Waals surface area contributed by atoms with E-state index in [0.717, 1.165) is 38.0 Å². The number of allylic oxidation sites excluding steroid dienone is 6.